The molecule has 1 fully saturated rings. The summed E-state index contributed by atoms with van der Waals surface area (Å²) >= 11 is 6.74. The van der Waals surface area contributed by atoms with Crippen LogP contribution in [-0.2, 0) is 4.79 Å². The Bertz CT molecular complexity index is 372. The summed E-state index contributed by atoms with van der Waals surface area (Å²) in [5.74, 6) is 0.125. The summed E-state index contributed by atoms with van der Waals surface area (Å²) in [5.41, 5.74) is 0.954. The smallest absolute Gasteiger partial charge is 0.245 e. The topological polar surface area (TPSA) is 20.3 Å². The van der Waals surface area contributed by atoms with Gasteiger partial charge in [0, 0.05) is 16.7 Å². The van der Waals surface area contributed by atoms with Gasteiger partial charge < -0.3 is 4.90 Å². The Kier molecular flexibility index (Phi) is 2.43. The Morgan fingerprint density at radius 3 is 2.36 bits per heavy atom. The zero-order valence-electron chi connectivity index (χ0n) is 7.63. The largest absolute Gasteiger partial charge is 0.309 e. The van der Waals surface area contributed by atoms with Crippen LogP contribution in [0.15, 0.2) is 28.7 Å². The van der Waals surface area contributed by atoms with Gasteiger partial charge in [0.25, 0.3) is 0 Å². The van der Waals surface area contributed by atoms with Crippen molar-refractivity contribution in [2.45, 2.75) is 11.2 Å². The zero-order chi connectivity index (χ0) is 10.3. The van der Waals surface area contributed by atoms with E-state index in [1.54, 1.807) is 4.90 Å². The SMILES string of the molecule is CC1(Br)CN(c2ccc(Br)cc2)C1=O. The molecule has 0 spiro atoms. The standard InChI is InChI=1S/C10H9Br2NO/c1-10(12)6-13(9(10)14)8-4-2-7(11)3-5-8/h2-5H,6H2,1H3. The molecule has 1 aliphatic heterocycles. The lowest BCUT2D eigenvalue weighted by atomic mass is 10.00. The van der Waals surface area contributed by atoms with Gasteiger partial charge >= 0.3 is 0 Å². The van der Waals surface area contributed by atoms with E-state index in [2.05, 4.69) is 31.9 Å². The zero-order valence-corrected chi connectivity index (χ0v) is 10.8. The number of hydrogen-bond acceptors (Lipinski definition) is 1. The van der Waals surface area contributed by atoms with Crippen molar-refractivity contribution in [1.29, 1.82) is 0 Å². The second-order valence-corrected chi connectivity index (χ2v) is 6.23. The lowest BCUT2D eigenvalue weighted by Gasteiger charge is -2.42. The van der Waals surface area contributed by atoms with Crippen molar-refractivity contribution in [3.8, 4) is 0 Å². The highest BCUT2D eigenvalue weighted by Gasteiger charge is 2.46. The second kappa shape index (κ2) is 3.35. The molecule has 0 aliphatic carbocycles. The highest BCUT2D eigenvalue weighted by molar-refractivity contribution is 9.10. The van der Waals surface area contributed by atoms with E-state index in [0.29, 0.717) is 0 Å². The number of anilines is 1. The van der Waals surface area contributed by atoms with Gasteiger partial charge in [-0.25, -0.2) is 0 Å². The minimum atomic E-state index is -0.361. The summed E-state index contributed by atoms with van der Waals surface area (Å²) in [6, 6.07) is 7.74. The fraction of sp³-hybridized carbons (Fsp3) is 0.300. The van der Waals surface area contributed by atoms with Crippen molar-refractivity contribution in [2.75, 3.05) is 11.4 Å². The van der Waals surface area contributed by atoms with Gasteiger partial charge in [-0.2, -0.15) is 0 Å². The summed E-state index contributed by atoms with van der Waals surface area (Å²) in [4.78, 5) is 13.4. The molecule has 1 aliphatic rings. The third-order valence-corrected chi connectivity index (χ3v) is 3.40. The van der Waals surface area contributed by atoms with Gasteiger partial charge in [-0.1, -0.05) is 31.9 Å². The third-order valence-electron chi connectivity index (χ3n) is 2.28. The molecular formula is C10H9Br2NO. The number of benzene rings is 1. The number of nitrogens with zero attached hydrogens (tertiary/aromatic N) is 1. The van der Waals surface area contributed by atoms with Crippen molar-refractivity contribution in [3.63, 3.8) is 0 Å². The van der Waals surface area contributed by atoms with E-state index in [-0.39, 0.29) is 10.2 Å². The highest BCUT2D eigenvalue weighted by atomic mass is 79.9. The van der Waals surface area contributed by atoms with Crippen LogP contribution in [0, 0.1) is 0 Å². The van der Waals surface area contributed by atoms with Gasteiger partial charge in [-0.3, -0.25) is 4.79 Å². The average Bonchev–Trinajstić information content (AvgIpc) is 2.16. The van der Waals surface area contributed by atoms with E-state index in [9.17, 15) is 4.79 Å². The van der Waals surface area contributed by atoms with Gasteiger partial charge in [-0.15, -0.1) is 0 Å². The fourth-order valence-electron chi connectivity index (χ4n) is 1.46. The minimum Gasteiger partial charge on any atom is -0.309 e. The summed E-state index contributed by atoms with van der Waals surface area (Å²) in [6.45, 7) is 2.62. The summed E-state index contributed by atoms with van der Waals surface area (Å²) in [5, 5.41) is 0. The van der Waals surface area contributed by atoms with E-state index in [1.165, 1.54) is 0 Å². The molecule has 1 amide bonds. The highest BCUT2D eigenvalue weighted by Crippen LogP contribution is 2.35. The molecule has 1 heterocycles. The van der Waals surface area contributed by atoms with Gasteiger partial charge in [-0.05, 0) is 31.2 Å². The molecule has 2 nitrogen and oxygen atoms in total. The predicted molar refractivity (Wildman–Crippen MR) is 63.8 cm³/mol. The molecule has 1 saturated heterocycles. The van der Waals surface area contributed by atoms with Crippen LogP contribution in [0.2, 0.25) is 0 Å². The first-order valence-corrected chi connectivity index (χ1v) is 5.86. The van der Waals surface area contributed by atoms with Crippen molar-refractivity contribution < 1.29 is 4.79 Å². The second-order valence-electron chi connectivity index (χ2n) is 3.57. The Labute approximate surface area is 99.5 Å². The van der Waals surface area contributed by atoms with Crippen LogP contribution in [0.3, 0.4) is 0 Å². The molecule has 14 heavy (non-hydrogen) atoms. The lowest BCUT2D eigenvalue weighted by molar-refractivity contribution is -0.124. The average molecular weight is 319 g/mol. The monoisotopic (exact) mass is 317 g/mol. The van der Waals surface area contributed by atoms with Crippen LogP contribution in [0.5, 0.6) is 0 Å². The molecule has 0 N–H and O–H groups in total. The quantitative estimate of drug-likeness (QED) is 0.576. The van der Waals surface area contributed by atoms with Gasteiger partial charge in [0.2, 0.25) is 5.91 Å². The van der Waals surface area contributed by atoms with Crippen LogP contribution in [0.25, 0.3) is 0 Å². The number of halogens is 2. The van der Waals surface area contributed by atoms with Gasteiger partial charge in [0.15, 0.2) is 0 Å². The predicted octanol–water partition coefficient (Wildman–Crippen LogP) is 2.95. The molecular weight excluding hydrogens is 310 g/mol. The van der Waals surface area contributed by atoms with E-state index in [0.717, 1.165) is 16.7 Å². The Balaban J connectivity index is 2.20. The third kappa shape index (κ3) is 1.61. The number of carbonyl (C=O) groups is 1. The van der Waals surface area contributed by atoms with Crippen LogP contribution >= 0.6 is 31.9 Å². The molecule has 0 bridgehead atoms. The van der Waals surface area contributed by atoms with Gasteiger partial charge in [0.05, 0.1) is 0 Å². The van der Waals surface area contributed by atoms with Crippen LogP contribution in [0.1, 0.15) is 6.92 Å². The molecule has 0 aromatic heterocycles. The molecule has 4 heteroatoms. The van der Waals surface area contributed by atoms with Crippen molar-refractivity contribution in [1.82, 2.24) is 0 Å². The Hall–Kier alpha value is -0.350. The van der Waals surface area contributed by atoms with Gasteiger partial charge in [0.1, 0.15) is 4.32 Å². The first kappa shape index (κ1) is 10.2. The molecule has 2 rings (SSSR count). The van der Waals surface area contributed by atoms with Crippen molar-refractivity contribution in [2.24, 2.45) is 0 Å². The van der Waals surface area contributed by atoms with E-state index >= 15 is 0 Å². The van der Waals surface area contributed by atoms with Crippen molar-refractivity contribution >= 4 is 43.5 Å². The Morgan fingerprint density at radius 1 is 1.36 bits per heavy atom. The van der Waals surface area contributed by atoms with Crippen LogP contribution in [-0.4, -0.2) is 16.8 Å². The maximum atomic E-state index is 11.6. The first-order chi connectivity index (χ1) is 6.50. The molecule has 1 unspecified atom stereocenters. The fourth-order valence-corrected chi connectivity index (χ4v) is 2.19. The minimum absolute atomic E-state index is 0.125. The first-order valence-electron chi connectivity index (χ1n) is 4.27. The molecule has 1 aromatic rings. The van der Waals surface area contributed by atoms with E-state index in [1.807, 2.05) is 31.2 Å². The summed E-state index contributed by atoms with van der Waals surface area (Å²) in [7, 11) is 0. The lowest BCUT2D eigenvalue weighted by Crippen LogP contribution is -2.61. The Morgan fingerprint density at radius 2 is 1.93 bits per heavy atom. The molecule has 1 aromatic carbocycles. The van der Waals surface area contributed by atoms with Crippen LogP contribution in [0.4, 0.5) is 5.69 Å². The normalized spacial score (nSPS) is 26.2. The number of amides is 1. The maximum absolute atomic E-state index is 11.6. The molecule has 0 saturated carbocycles. The number of hydrogen-bond donors (Lipinski definition) is 0. The number of rotatable bonds is 1. The molecule has 74 valence electrons. The van der Waals surface area contributed by atoms with Crippen LogP contribution < -0.4 is 4.90 Å². The number of alkyl halides is 1. The van der Waals surface area contributed by atoms with Crippen molar-refractivity contribution in [3.05, 3.63) is 28.7 Å². The molecule has 0 radical (unpaired) electrons. The number of carbonyl (C=O) groups excluding carboxylic acids is 1. The van der Waals surface area contributed by atoms with E-state index < -0.39 is 0 Å². The number of β-lactam (4-membered cyclic amide) rings is 1. The van der Waals surface area contributed by atoms with E-state index in [4.69, 9.17) is 0 Å². The molecule has 1 atom stereocenters. The summed E-state index contributed by atoms with van der Waals surface area (Å²) in [6.07, 6.45) is 0. The summed E-state index contributed by atoms with van der Waals surface area (Å²) < 4.78 is 0.663. The maximum Gasteiger partial charge on any atom is 0.245 e.